The van der Waals surface area contributed by atoms with Crippen molar-refractivity contribution in [2.45, 2.75) is 0 Å². The van der Waals surface area contributed by atoms with E-state index in [-0.39, 0.29) is 0 Å². The lowest BCUT2D eigenvalue weighted by atomic mass is 10.0. The summed E-state index contributed by atoms with van der Waals surface area (Å²) in [6, 6.07) is 37.3. The van der Waals surface area contributed by atoms with E-state index in [1.165, 1.54) is 0 Å². The second-order valence-corrected chi connectivity index (χ2v) is 6.19. The van der Waals surface area contributed by atoms with Crippen molar-refractivity contribution < 1.29 is 0 Å². The molecule has 0 radical (unpaired) electrons. The van der Waals surface area contributed by atoms with Gasteiger partial charge >= 0.3 is 0 Å². The second-order valence-electron chi connectivity index (χ2n) is 6.19. The Morgan fingerprint density at radius 2 is 0.962 bits per heavy atom. The Kier molecular flexibility index (Phi) is 4.40. The highest BCUT2D eigenvalue weighted by Gasteiger charge is 2.13. The monoisotopic (exact) mass is 336 g/mol. The fourth-order valence-corrected chi connectivity index (χ4v) is 3.16. The Hall–Kier alpha value is -3.52. The zero-order valence-electron chi connectivity index (χ0n) is 14.4. The highest BCUT2D eigenvalue weighted by molar-refractivity contribution is 5.82. The average molecular weight is 336 g/mol. The summed E-state index contributed by atoms with van der Waals surface area (Å²) in [6.07, 6.45) is 0. The predicted octanol–water partition coefficient (Wildman–Crippen LogP) is 6.41. The van der Waals surface area contributed by atoms with Crippen LogP contribution in [0.15, 0.2) is 109 Å². The maximum atomic E-state index is 6.26. The molecule has 0 aliphatic heterocycles. The van der Waals surface area contributed by atoms with Crippen molar-refractivity contribution in [2.75, 3.05) is 10.6 Å². The zero-order valence-corrected chi connectivity index (χ0v) is 14.4. The van der Waals surface area contributed by atoms with E-state index in [1.807, 2.05) is 42.5 Å². The van der Waals surface area contributed by atoms with Crippen LogP contribution in [0.5, 0.6) is 0 Å². The number of nitrogens with two attached hydrogens (primary N) is 1. The maximum Gasteiger partial charge on any atom is 0.0488 e. The predicted molar refractivity (Wildman–Crippen MR) is 111 cm³/mol. The topological polar surface area (TPSA) is 29.3 Å². The van der Waals surface area contributed by atoms with Crippen LogP contribution >= 0.6 is 0 Å². The lowest BCUT2D eigenvalue weighted by Crippen LogP contribution is -2.10. The fourth-order valence-electron chi connectivity index (χ4n) is 3.16. The SMILES string of the molecule is Nc1cc(-c2ccccc2)cc(N(c2ccccc2)c2ccccc2)c1. The number of para-hydroxylation sites is 2. The molecule has 0 amide bonds. The zero-order chi connectivity index (χ0) is 17.8. The lowest BCUT2D eigenvalue weighted by molar-refractivity contribution is 1.28. The Morgan fingerprint density at radius 3 is 1.50 bits per heavy atom. The molecule has 2 heteroatoms. The van der Waals surface area contributed by atoms with Gasteiger partial charge in [0, 0.05) is 22.7 Å². The molecular formula is C24H20N2. The van der Waals surface area contributed by atoms with Crippen molar-refractivity contribution in [1.82, 2.24) is 0 Å². The third-order valence-corrected chi connectivity index (χ3v) is 4.33. The Balaban J connectivity index is 1.88. The third kappa shape index (κ3) is 3.31. The lowest BCUT2D eigenvalue weighted by Gasteiger charge is -2.26. The number of anilines is 4. The molecule has 0 saturated heterocycles. The Labute approximate surface area is 154 Å². The van der Waals surface area contributed by atoms with Crippen LogP contribution in [-0.4, -0.2) is 0 Å². The molecule has 0 aliphatic rings. The largest absolute Gasteiger partial charge is 0.399 e. The van der Waals surface area contributed by atoms with Gasteiger partial charge in [-0.05, 0) is 53.6 Å². The van der Waals surface area contributed by atoms with E-state index < -0.39 is 0 Å². The highest BCUT2D eigenvalue weighted by Crippen LogP contribution is 2.37. The van der Waals surface area contributed by atoms with E-state index in [0.29, 0.717) is 0 Å². The molecule has 4 aromatic rings. The first-order chi connectivity index (χ1) is 12.8. The molecule has 2 nitrogen and oxygen atoms in total. The number of hydrogen-bond acceptors (Lipinski definition) is 2. The minimum absolute atomic E-state index is 0.748. The molecule has 0 atom stereocenters. The van der Waals surface area contributed by atoms with Gasteiger partial charge in [-0.25, -0.2) is 0 Å². The summed E-state index contributed by atoms with van der Waals surface area (Å²) in [6.45, 7) is 0. The van der Waals surface area contributed by atoms with Gasteiger partial charge in [-0.1, -0.05) is 66.7 Å². The summed E-state index contributed by atoms with van der Waals surface area (Å²) in [5, 5.41) is 0. The molecule has 0 aliphatic carbocycles. The van der Waals surface area contributed by atoms with Gasteiger partial charge in [0.2, 0.25) is 0 Å². The van der Waals surface area contributed by atoms with Crippen LogP contribution in [0.4, 0.5) is 22.7 Å². The Bertz CT molecular complexity index is 941. The molecule has 4 rings (SSSR count). The quantitative estimate of drug-likeness (QED) is 0.437. The van der Waals surface area contributed by atoms with E-state index in [9.17, 15) is 0 Å². The molecule has 0 unspecified atom stereocenters. The molecule has 0 spiro atoms. The highest BCUT2D eigenvalue weighted by atomic mass is 15.1. The van der Waals surface area contributed by atoms with Crippen molar-refractivity contribution in [3.63, 3.8) is 0 Å². The molecule has 26 heavy (non-hydrogen) atoms. The first kappa shape index (κ1) is 16.0. The summed E-state index contributed by atoms with van der Waals surface area (Å²) in [5.41, 5.74) is 12.5. The van der Waals surface area contributed by atoms with E-state index >= 15 is 0 Å². The molecule has 126 valence electrons. The van der Waals surface area contributed by atoms with Crippen molar-refractivity contribution in [3.05, 3.63) is 109 Å². The van der Waals surface area contributed by atoms with Gasteiger partial charge in [0.1, 0.15) is 0 Å². The van der Waals surface area contributed by atoms with Crippen molar-refractivity contribution in [3.8, 4) is 11.1 Å². The number of nitrogen functional groups attached to an aromatic ring is 1. The number of nitrogens with zero attached hydrogens (tertiary/aromatic N) is 1. The van der Waals surface area contributed by atoms with Crippen LogP contribution in [0.1, 0.15) is 0 Å². The fraction of sp³-hybridized carbons (Fsp3) is 0. The molecule has 0 saturated carbocycles. The van der Waals surface area contributed by atoms with Crippen LogP contribution in [0.25, 0.3) is 11.1 Å². The third-order valence-electron chi connectivity index (χ3n) is 4.33. The van der Waals surface area contributed by atoms with Crippen LogP contribution < -0.4 is 10.6 Å². The number of benzene rings is 4. The molecule has 0 heterocycles. The minimum Gasteiger partial charge on any atom is -0.399 e. The Morgan fingerprint density at radius 1 is 0.462 bits per heavy atom. The number of rotatable bonds is 4. The normalized spacial score (nSPS) is 10.5. The second kappa shape index (κ2) is 7.16. The van der Waals surface area contributed by atoms with E-state index in [4.69, 9.17) is 5.73 Å². The summed E-state index contributed by atoms with van der Waals surface area (Å²) in [4.78, 5) is 2.22. The van der Waals surface area contributed by atoms with E-state index in [2.05, 4.69) is 71.6 Å². The number of hydrogen-bond donors (Lipinski definition) is 1. The minimum atomic E-state index is 0.748. The van der Waals surface area contributed by atoms with Gasteiger partial charge in [0.15, 0.2) is 0 Å². The summed E-state index contributed by atoms with van der Waals surface area (Å²) < 4.78 is 0. The molecule has 0 aromatic heterocycles. The van der Waals surface area contributed by atoms with Gasteiger partial charge in [0.25, 0.3) is 0 Å². The van der Waals surface area contributed by atoms with Gasteiger partial charge in [-0.15, -0.1) is 0 Å². The van der Waals surface area contributed by atoms with Crippen molar-refractivity contribution in [2.24, 2.45) is 0 Å². The van der Waals surface area contributed by atoms with Gasteiger partial charge in [0.05, 0.1) is 0 Å². The van der Waals surface area contributed by atoms with Crippen molar-refractivity contribution >= 4 is 22.7 Å². The standard InChI is InChI=1S/C24H20N2/c25-21-16-20(19-10-4-1-5-11-19)17-24(18-21)26(22-12-6-2-7-13-22)23-14-8-3-9-15-23/h1-18H,25H2. The van der Waals surface area contributed by atoms with Crippen LogP contribution in [0, 0.1) is 0 Å². The molecule has 0 fully saturated rings. The van der Waals surface area contributed by atoms with Gasteiger partial charge in [-0.3, -0.25) is 0 Å². The van der Waals surface area contributed by atoms with Crippen molar-refractivity contribution in [1.29, 1.82) is 0 Å². The molecule has 0 bridgehead atoms. The molecule has 4 aromatic carbocycles. The van der Waals surface area contributed by atoms with Gasteiger partial charge < -0.3 is 10.6 Å². The summed E-state index contributed by atoms with van der Waals surface area (Å²) in [5.74, 6) is 0. The van der Waals surface area contributed by atoms with E-state index in [0.717, 1.165) is 33.9 Å². The summed E-state index contributed by atoms with van der Waals surface area (Å²) >= 11 is 0. The van der Waals surface area contributed by atoms with Crippen LogP contribution in [-0.2, 0) is 0 Å². The first-order valence-electron chi connectivity index (χ1n) is 8.67. The summed E-state index contributed by atoms with van der Waals surface area (Å²) in [7, 11) is 0. The molecule has 2 N–H and O–H groups in total. The maximum absolute atomic E-state index is 6.26. The molecular weight excluding hydrogens is 316 g/mol. The van der Waals surface area contributed by atoms with Crippen LogP contribution in [0.2, 0.25) is 0 Å². The van der Waals surface area contributed by atoms with E-state index in [1.54, 1.807) is 0 Å². The van der Waals surface area contributed by atoms with Crippen LogP contribution in [0.3, 0.4) is 0 Å². The van der Waals surface area contributed by atoms with Gasteiger partial charge in [-0.2, -0.15) is 0 Å². The first-order valence-corrected chi connectivity index (χ1v) is 8.67. The smallest absolute Gasteiger partial charge is 0.0488 e. The average Bonchev–Trinajstić information content (AvgIpc) is 2.70.